The van der Waals surface area contributed by atoms with Gasteiger partial charge in [-0.3, -0.25) is 14.5 Å². The number of oxazole rings is 1. The minimum atomic E-state index is -0.314. The van der Waals surface area contributed by atoms with E-state index in [4.69, 9.17) is 4.42 Å². The van der Waals surface area contributed by atoms with Crippen molar-refractivity contribution in [3.8, 4) is 11.3 Å². The van der Waals surface area contributed by atoms with Crippen LogP contribution in [0.4, 0.5) is 10.1 Å². The van der Waals surface area contributed by atoms with Crippen molar-refractivity contribution in [2.45, 2.75) is 19.1 Å². The van der Waals surface area contributed by atoms with E-state index >= 15 is 0 Å². The summed E-state index contributed by atoms with van der Waals surface area (Å²) >= 11 is 1.24. The lowest BCUT2D eigenvalue weighted by molar-refractivity contribution is -0.130. The fourth-order valence-electron chi connectivity index (χ4n) is 3.84. The number of benzene rings is 2. The van der Waals surface area contributed by atoms with Gasteiger partial charge in [0.2, 0.25) is 11.8 Å². The number of rotatable bonds is 7. The van der Waals surface area contributed by atoms with Crippen LogP contribution in [0.1, 0.15) is 11.1 Å². The maximum Gasteiger partial charge on any atom is 0.256 e. The molecule has 4 rings (SSSR count). The molecule has 7 nitrogen and oxygen atoms in total. The highest BCUT2D eigenvalue weighted by molar-refractivity contribution is 7.99. The molecule has 178 valence electrons. The second-order valence-corrected chi connectivity index (χ2v) is 9.18. The van der Waals surface area contributed by atoms with Crippen molar-refractivity contribution >= 4 is 29.3 Å². The number of carbonyl (C=O) groups excluding carboxylic acids is 2. The Morgan fingerprint density at radius 3 is 2.41 bits per heavy atom. The monoisotopic (exact) mass is 482 g/mol. The van der Waals surface area contributed by atoms with Crippen LogP contribution in [0.2, 0.25) is 0 Å². The molecule has 1 saturated heterocycles. The average molecular weight is 483 g/mol. The lowest BCUT2D eigenvalue weighted by Gasteiger charge is -2.34. The van der Waals surface area contributed by atoms with Gasteiger partial charge < -0.3 is 14.6 Å². The zero-order valence-corrected chi connectivity index (χ0v) is 20.0. The summed E-state index contributed by atoms with van der Waals surface area (Å²) in [6.45, 7) is 6.69. The Kier molecular flexibility index (Phi) is 7.64. The molecule has 0 bridgehead atoms. The van der Waals surface area contributed by atoms with Crippen molar-refractivity contribution in [2.75, 3.05) is 43.8 Å². The molecule has 9 heteroatoms. The van der Waals surface area contributed by atoms with Crippen LogP contribution < -0.4 is 5.32 Å². The highest BCUT2D eigenvalue weighted by Gasteiger charge is 2.23. The molecule has 34 heavy (non-hydrogen) atoms. The first kappa shape index (κ1) is 24.0. The Labute approximate surface area is 202 Å². The fourth-order valence-corrected chi connectivity index (χ4v) is 4.54. The van der Waals surface area contributed by atoms with Gasteiger partial charge in [0, 0.05) is 37.4 Å². The lowest BCUT2D eigenvalue weighted by atomic mass is 10.1. The number of nitrogens with zero attached hydrogens (tertiary/aromatic N) is 3. The minimum absolute atomic E-state index is 0.00571. The number of hydrogen-bond acceptors (Lipinski definition) is 6. The normalized spacial score (nSPS) is 14.3. The Morgan fingerprint density at radius 2 is 1.74 bits per heavy atom. The summed E-state index contributed by atoms with van der Waals surface area (Å²) in [5, 5.41) is 3.41. The smallest absolute Gasteiger partial charge is 0.256 e. The van der Waals surface area contributed by atoms with Crippen molar-refractivity contribution in [1.29, 1.82) is 0 Å². The van der Waals surface area contributed by atoms with Crippen LogP contribution in [0.5, 0.6) is 0 Å². The van der Waals surface area contributed by atoms with Crippen LogP contribution in [-0.4, -0.2) is 65.1 Å². The number of para-hydroxylation sites is 1. The number of anilines is 1. The van der Waals surface area contributed by atoms with Gasteiger partial charge in [0.05, 0.1) is 18.5 Å². The maximum absolute atomic E-state index is 13.1. The predicted molar refractivity (Wildman–Crippen MR) is 130 cm³/mol. The average Bonchev–Trinajstić information content (AvgIpc) is 3.30. The van der Waals surface area contributed by atoms with E-state index in [9.17, 15) is 14.0 Å². The molecule has 0 radical (unpaired) electrons. The van der Waals surface area contributed by atoms with Gasteiger partial charge in [0.1, 0.15) is 5.82 Å². The Hall–Kier alpha value is -3.17. The Bertz CT molecular complexity index is 1140. The zero-order chi connectivity index (χ0) is 24.1. The molecular weight excluding hydrogens is 455 g/mol. The molecule has 1 aliphatic rings. The second kappa shape index (κ2) is 10.8. The van der Waals surface area contributed by atoms with E-state index in [1.165, 1.54) is 23.9 Å². The maximum atomic E-state index is 13.1. The summed E-state index contributed by atoms with van der Waals surface area (Å²) in [5.41, 5.74) is 3.67. The predicted octanol–water partition coefficient (Wildman–Crippen LogP) is 3.97. The summed E-state index contributed by atoms with van der Waals surface area (Å²) in [6, 6.07) is 11.9. The summed E-state index contributed by atoms with van der Waals surface area (Å²) in [7, 11) is 0. The third-order valence-electron chi connectivity index (χ3n) is 5.77. The van der Waals surface area contributed by atoms with Crippen molar-refractivity contribution in [3.05, 3.63) is 65.6 Å². The number of aryl methyl sites for hydroxylation is 2. The highest BCUT2D eigenvalue weighted by Crippen LogP contribution is 2.26. The van der Waals surface area contributed by atoms with Crippen LogP contribution in [0.3, 0.4) is 0 Å². The molecule has 2 heterocycles. The summed E-state index contributed by atoms with van der Waals surface area (Å²) in [6.07, 6.45) is 1.57. The van der Waals surface area contributed by atoms with Gasteiger partial charge in [-0.05, 0) is 49.2 Å². The quantitative estimate of drug-likeness (QED) is 0.514. The molecule has 3 aromatic rings. The highest BCUT2D eigenvalue weighted by atomic mass is 32.2. The largest absolute Gasteiger partial charge is 0.431 e. The topological polar surface area (TPSA) is 78.7 Å². The third kappa shape index (κ3) is 6.03. The van der Waals surface area contributed by atoms with Gasteiger partial charge in [0.25, 0.3) is 5.22 Å². The molecule has 0 aliphatic carbocycles. The first-order valence-electron chi connectivity index (χ1n) is 11.1. The first-order chi connectivity index (χ1) is 16.4. The molecule has 0 saturated carbocycles. The van der Waals surface area contributed by atoms with E-state index in [-0.39, 0.29) is 23.4 Å². The molecule has 1 aromatic heterocycles. The number of carbonyl (C=O) groups is 2. The van der Waals surface area contributed by atoms with Crippen LogP contribution in [0.15, 0.2) is 58.3 Å². The zero-order valence-electron chi connectivity index (χ0n) is 19.2. The van der Waals surface area contributed by atoms with Crippen LogP contribution in [-0.2, 0) is 9.59 Å². The molecule has 2 aromatic carbocycles. The van der Waals surface area contributed by atoms with Gasteiger partial charge >= 0.3 is 0 Å². The van der Waals surface area contributed by atoms with Crippen LogP contribution >= 0.6 is 11.8 Å². The molecule has 1 fully saturated rings. The van der Waals surface area contributed by atoms with Crippen molar-refractivity contribution in [2.24, 2.45) is 0 Å². The van der Waals surface area contributed by atoms with Crippen LogP contribution in [0.25, 0.3) is 11.3 Å². The van der Waals surface area contributed by atoms with E-state index < -0.39 is 0 Å². The fraction of sp³-hybridized carbons (Fsp3) is 0.320. The van der Waals surface area contributed by atoms with Crippen LogP contribution in [0, 0.1) is 19.7 Å². The van der Waals surface area contributed by atoms with Gasteiger partial charge in [-0.15, -0.1) is 0 Å². The third-order valence-corrected chi connectivity index (χ3v) is 6.60. The van der Waals surface area contributed by atoms with Gasteiger partial charge in [-0.25, -0.2) is 9.37 Å². The van der Waals surface area contributed by atoms with E-state index in [2.05, 4.69) is 15.2 Å². The van der Waals surface area contributed by atoms with Gasteiger partial charge in [-0.2, -0.15) is 0 Å². The SMILES string of the molecule is Cc1cccc(C)c1NC(=O)CN1CCN(C(=O)CSc2ncc(-c3ccc(F)cc3)o2)CC1. The number of amides is 2. The van der Waals surface area contributed by atoms with Gasteiger partial charge in [0.15, 0.2) is 5.76 Å². The number of hydrogen-bond donors (Lipinski definition) is 1. The molecular formula is C25H27FN4O3S. The molecule has 0 spiro atoms. The molecule has 0 atom stereocenters. The summed E-state index contributed by atoms with van der Waals surface area (Å²) in [5.74, 6) is 0.393. The lowest BCUT2D eigenvalue weighted by Crippen LogP contribution is -2.50. The number of halogens is 1. The molecule has 1 aliphatic heterocycles. The number of nitrogens with one attached hydrogen (secondary N) is 1. The van der Waals surface area contributed by atoms with E-state index in [1.54, 1.807) is 23.2 Å². The standard InChI is InChI=1S/C25H27FN4O3S/c1-17-4-3-5-18(2)24(17)28-22(31)15-29-10-12-30(13-11-29)23(32)16-34-25-27-14-21(33-25)19-6-8-20(26)9-7-19/h3-9,14H,10-13,15-16H2,1-2H3,(H,28,31). The summed E-state index contributed by atoms with van der Waals surface area (Å²) in [4.78, 5) is 33.2. The minimum Gasteiger partial charge on any atom is -0.431 e. The van der Waals surface area contributed by atoms with Crippen molar-refractivity contribution < 1.29 is 18.4 Å². The number of piperazine rings is 1. The van der Waals surface area contributed by atoms with Crippen molar-refractivity contribution in [3.63, 3.8) is 0 Å². The number of thioether (sulfide) groups is 1. The Morgan fingerprint density at radius 1 is 1.06 bits per heavy atom. The van der Waals surface area contributed by atoms with E-state index in [0.29, 0.717) is 43.7 Å². The molecule has 2 amide bonds. The molecule has 1 N–H and O–H groups in total. The summed E-state index contributed by atoms with van der Waals surface area (Å²) < 4.78 is 18.8. The van der Waals surface area contributed by atoms with Gasteiger partial charge in [-0.1, -0.05) is 30.0 Å². The number of aromatic nitrogens is 1. The van der Waals surface area contributed by atoms with E-state index in [0.717, 1.165) is 22.4 Å². The Balaban J connectivity index is 1.21. The first-order valence-corrected chi connectivity index (χ1v) is 12.1. The van der Waals surface area contributed by atoms with E-state index in [1.807, 2.05) is 32.0 Å². The van der Waals surface area contributed by atoms with Crippen molar-refractivity contribution in [1.82, 2.24) is 14.8 Å². The second-order valence-electron chi connectivity index (χ2n) is 8.26. The molecule has 0 unspecified atom stereocenters.